The normalized spacial score (nSPS) is 21.1. The number of piperidine rings is 1. The SMILES string of the molecule is COc1ccc(C(C#N)C2CCCNC2)cc1F. The van der Waals surface area contributed by atoms with Crippen molar-refractivity contribution in [2.24, 2.45) is 5.92 Å². The highest BCUT2D eigenvalue weighted by Crippen LogP contribution is 2.31. The summed E-state index contributed by atoms with van der Waals surface area (Å²) in [6.45, 7) is 1.83. The second kappa shape index (κ2) is 5.83. The fourth-order valence-corrected chi connectivity index (χ4v) is 2.49. The van der Waals surface area contributed by atoms with E-state index < -0.39 is 5.82 Å². The molecule has 18 heavy (non-hydrogen) atoms. The van der Waals surface area contributed by atoms with E-state index in [0.717, 1.165) is 31.5 Å². The van der Waals surface area contributed by atoms with E-state index in [1.807, 2.05) is 0 Å². The van der Waals surface area contributed by atoms with Crippen LogP contribution in [-0.2, 0) is 0 Å². The van der Waals surface area contributed by atoms with Gasteiger partial charge in [0, 0.05) is 0 Å². The van der Waals surface area contributed by atoms with Crippen LogP contribution in [0.4, 0.5) is 4.39 Å². The number of nitrogens with one attached hydrogen (secondary N) is 1. The first kappa shape index (κ1) is 12.8. The average Bonchev–Trinajstić information content (AvgIpc) is 2.41. The van der Waals surface area contributed by atoms with Gasteiger partial charge in [0.15, 0.2) is 11.6 Å². The molecule has 96 valence electrons. The van der Waals surface area contributed by atoms with Crippen LogP contribution >= 0.6 is 0 Å². The molecule has 1 saturated heterocycles. The van der Waals surface area contributed by atoms with Gasteiger partial charge in [0.1, 0.15) is 0 Å². The third-order valence-corrected chi connectivity index (χ3v) is 3.48. The zero-order valence-electron chi connectivity index (χ0n) is 10.4. The second-order valence-electron chi connectivity index (χ2n) is 4.61. The molecule has 0 bridgehead atoms. The highest BCUT2D eigenvalue weighted by atomic mass is 19.1. The molecular weight excluding hydrogens is 231 g/mol. The van der Waals surface area contributed by atoms with Gasteiger partial charge < -0.3 is 10.1 Å². The molecule has 2 unspecified atom stereocenters. The number of hydrogen-bond acceptors (Lipinski definition) is 3. The maximum Gasteiger partial charge on any atom is 0.165 e. The van der Waals surface area contributed by atoms with Gasteiger partial charge in [0.05, 0.1) is 19.1 Å². The van der Waals surface area contributed by atoms with Crippen molar-refractivity contribution in [3.05, 3.63) is 29.6 Å². The van der Waals surface area contributed by atoms with Crippen molar-refractivity contribution in [1.29, 1.82) is 5.26 Å². The second-order valence-corrected chi connectivity index (χ2v) is 4.61. The van der Waals surface area contributed by atoms with Crippen molar-refractivity contribution in [2.45, 2.75) is 18.8 Å². The van der Waals surface area contributed by atoms with Crippen molar-refractivity contribution >= 4 is 0 Å². The smallest absolute Gasteiger partial charge is 0.165 e. The van der Waals surface area contributed by atoms with Crippen LogP contribution < -0.4 is 10.1 Å². The van der Waals surface area contributed by atoms with Crippen LogP contribution in [0.5, 0.6) is 5.75 Å². The van der Waals surface area contributed by atoms with Gasteiger partial charge in [-0.25, -0.2) is 4.39 Å². The lowest BCUT2D eigenvalue weighted by Gasteiger charge is -2.27. The molecule has 3 nitrogen and oxygen atoms in total. The van der Waals surface area contributed by atoms with E-state index in [9.17, 15) is 9.65 Å². The quantitative estimate of drug-likeness (QED) is 0.893. The van der Waals surface area contributed by atoms with Crippen LogP contribution in [0.3, 0.4) is 0 Å². The van der Waals surface area contributed by atoms with E-state index in [4.69, 9.17) is 4.74 Å². The van der Waals surface area contributed by atoms with Crippen molar-refractivity contribution < 1.29 is 9.13 Å². The fourth-order valence-electron chi connectivity index (χ4n) is 2.49. The number of ether oxygens (including phenoxy) is 1. The van der Waals surface area contributed by atoms with Gasteiger partial charge in [-0.15, -0.1) is 0 Å². The lowest BCUT2D eigenvalue weighted by Crippen LogP contribution is -2.33. The van der Waals surface area contributed by atoms with Crippen LogP contribution in [0.15, 0.2) is 18.2 Å². The molecule has 1 aromatic carbocycles. The predicted molar refractivity (Wildman–Crippen MR) is 66.9 cm³/mol. The highest BCUT2D eigenvalue weighted by Gasteiger charge is 2.25. The third-order valence-electron chi connectivity index (χ3n) is 3.48. The average molecular weight is 248 g/mol. The van der Waals surface area contributed by atoms with Crippen molar-refractivity contribution in [2.75, 3.05) is 20.2 Å². The van der Waals surface area contributed by atoms with Gasteiger partial charge in [-0.05, 0) is 49.5 Å². The molecule has 1 fully saturated rings. The molecule has 1 aliphatic heterocycles. The van der Waals surface area contributed by atoms with Crippen molar-refractivity contribution in [1.82, 2.24) is 5.32 Å². The van der Waals surface area contributed by atoms with Crippen LogP contribution in [0, 0.1) is 23.1 Å². The largest absolute Gasteiger partial charge is 0.494 e. The molecule has 0 spiro atoms. The number of hydrogen-bond donors (Lipinski definition) is 1. The molecule has 0 aliphatic carbocycles. The molecule has 1 heterocycles. The van der Waals surface area contributed by atoms with Crippen molar-refractivity contribution in [3.8, 4) is 11.8 Å². The summed E-state index contributed by atoms with van der Waals surface area (Å²) in [5, 5.41) is 12.6. The Kier molecular flexibility index (Phi) is 4.16. The van der Waals surface area contributed by atoms with Gasteiger partial charge >= 0.3 is 0 Å². The summed E-state index contributed by atoms with van der Waals surface area (Å²) in [7, 11) is 1.44. The van der Waals surface area contributed by atoms with Gasteiger partial charge in [0.25, 0.3) is 0 Å². The minimum atomic E-state index is -0.404. The maximum atomic E-state index is 13.7. The zero-order chi connectivity index (χ0) is 13.0. The summed E-state index contributed by atoms with van der Waals surface area (Å²) < 4.78 is 18.6. The highest BCUT2D eigenvalue weighted by molar-refractivity contribution is 5.34. The molecule has 2 rings (SSSR count). The summed E-state index contributed by atoms with van der Waals surface area (Å²) in [6, 6.07) is 7.09. The fraction of sp³-hybridized carbons (Fsp3) is 0.500. The van der Waals surface area contributed by atoms with Gasteiger partial charge in [-0.2, -0.15) is 5.26 Å². The zero-order valence-corrected chi connectivity index (χ0v) is 10.4. The number of halogens is 1. The van der Waals surface area contributed by atoms with Gasteiger partial charge in [0.2, 0.25) is 0 Å². The molecule has 1 N–H and O–H groups in total. The Morgan fingerprint density at radius 2 is 2.39 bits per heavy atom. The maximum absolute atomic E-state index is 13.7. The molecule has 0 aromatic heterocycles. The molecule has 0 amide bonds. The number of methoxy groups -OCH3 is 1. The van der Waals surface area contributed by atoms with E-state index in [2.05, 4.69) is 11.4 Å². The van der Waals surface area contributed by atoms with E-state index in [-0.39, 0.29) is 17.6 Å². The Hall–Kier alpha value is -1.60. The molecular formula is C14H17FN2O. The predicted octanol–water partition coefficient (Wildman–Crippen LogP) is 2.44. The Morgan fingerprint density at radius 3 is 2.94 bits per heavy atom. The van der Waals surface area contributed by atoms with Crippen LogP contribution in [-0.4, -0.2) is 20.2 Å². The van der Waals surface area contributed by atoms with Crippen LogP contribution in [0.2, 0.25) is 0 Å². The monoisotopic (exact) mass is 248 g/mol. The molecule has 0 radical (unpaired) electrons. The Morgan fingerprint density at radius 1 is 1.56 bits per heavy atom. The van der Waals surface area contributed by atoms with Gasteiger partial charge in [-0.1, -0.05) is 6.07 Å². The summed E-state index contributed by atoms with van der Waals surface area (Å²) in [6.07, 6.45) is 2.08. The minimum Gasteiger partial charge on any atom is -0.494 e. The minimum absolute atomic E-state index is 0.220. The van der Waals surface area contributed by atoms with E-state index >= 15 is 0 Å². The van der Waals surface area contributed by atoms with E-state index in [1.165, 1.54) is 13.2 Å². The number of nitrogens with zero attached hydrogens (tertiary/aromatic N) is 1. The lowest BCUT2D eigenvalue weighted by molar-refractivity contribution is 0.352. The Balaban J connectivity index is 2.22. The first-order chi connectivity index (χ1) is 8.76. The summed E-state index contributed by atoms with van der Waals surface area (Å²) in [5.41, 5.74) is 0.740. The third kappa shape index (κ3) is 2.62. The van der Waals surface area contributed by atoms with Crippen LogP contribution in [0.1, 0.15) is 24.3 Å². The first-order valence-corrected chi connectivity index (χ1v) is 6.20. The summed E-state index contributed by atoms with van der Waals surface area (Å²) in [4.78, 5) is 0. The topological polar surface area (TPSA) is 45.0 Å². The number of nitriles is 1. The summed E-state index contributed by atoms with van der Waals surface area (Å²) in [5.74, 6) is -0.175. The number of rotatable bonds is 3. The standard InChI is InChI=1S/C14H17FN2O/c1-18-14-5-4-10(7-13(14)15)12(8-16)11-3-2-6-17-9-11/h4-5,7,11-12,17H,2-3,6,9H2,1H3. The van der Waals surface area contributed by atoms with Crippen LogP contribution in [0.25, 0.3) is 0 Å². The molecule has 0 saturated carbocycles. The van der Waals surface area contributed by atoms with E-state index in [0.29, 0.717) is 0 Å². The van der Waals surface area contributed by atoms with Crippen molar-refractivity contribution in [3.63, 3.8) is 0 Å². The molecule has 4 heteroatoms. The lowest BCUT2D eigenvalue weighted by atomic mass is 9.82. The first-order valence-electron chi connectivity index (χ1n) is 6.20. The molecule has 1 aliphatic rings. The summed E-state index contributed by atoms with van der Waals surface area (Å²) >= 11 is 0. The Labute approximate surface area is 107 Å². The molecule has 1 aromatic rings. The molecule has 2 atom stereocenters. The van der Waals surface area contributed by atoms with E-state index in [1.54, 1.807) is 12.1 Å². The number of benzene rings is 1. The van der Waals surface area contributed by atoms with Gasteiger partial charge in [-0.3, -0.25) is 0 Å². The Bertz CT molecular complexity index is 450.